The molecule has 0 aromatic carbocycles. The molecule has 0 heterocycles. The summed E-state index contributed by atoms with van der Waals surface area (Å²) in [4.78, 5) is 24.8. The van der Waals surface area contributed by atoms with E-state index in [1.807, 2.05) is 0 Å². The van der Waals surface area contributed by atoms with Gasteiger partial charge in [0.1, 0.15) is 6.04 Å². The van der Waals surface area contributed by atoms with E-state index in [4.69, 9.17) is 0 Å². The smallest absolute Gasteiger partial charge is 0.243 e. The number of rotatable bonds is 8. The monoisotopic (exact) mass is 261 g/mol. The molecule has 2 amide bonds. The van der Waals surface area contributed by atoms with E-state index in [0.29, 0.717) is 12.3 Å². The van der Waals surface area contributed by atoms with Gasteiger partial charge in [0.25, 0.3) is 0 Å². The van der Waals surface area contributed by atoms with Gasteiger partial charge in [0.2, 0.25) is 11.8 Å². The molecule has 0 saturated heterocycles. The first-order valence-electron chi connectivity index (χ1n) is 5.93. The van der Waals surface area contributed by atoms with Crippen LogP contribution in [0.5, 0.6) is 0 Å². The van der Waals surface area contributed by atoms with Crippen LogP contribution in [0.1, 0.15) is 20.8 Å². The number of likely N-dealkylation sites (N-methyl/N-ethyl adjacent to an activating group) is 1. The molecule has 0 aliphatic rings. The van der Waals surface area contributed by atoms with E-state index in [2.05, 4.69) is 42.0 Å². The summed E-state index contributed by atoms with van der Waals surface area (Å²) >= 11 is 4.04. The fourth-order valence-electron chi connectivity index (χ4n) is 1.44. The molecule has 100 valence electrons. The van der Waals surface area contributed by atoms with Crippen LogP contribution < -0.4 is 10.6 Å². The maximum atomic E-state index is 11.7. The highest BCUT2D eigenvalue weighted by Gasteiger charge is 2.16. The highest BCUT2D eigenvalue weighted by atomic mass is 32.1. The third-order valence-electron chi connectivity index (χ3n) is 2.50. The van der Waals surface area contributed by atoms with Gasteiger partial charge in [-0.15, -0.1) is 0 Å². The van der Waals surface area contributed by atoms with Gasteiger partial charge in [-0.3, -0.25) is 9.59 Å². The topological polar surface area (TPSA) is 61.4 Å². The molecule has 1 atom stereocenters. The Morgan fingerprint density at radius 1 is 1.29 bits per heavy atom. The number of hydrogen-bond acceptors (Lipinski definition) is 4. The molecule has 0 aromatic rings. The molecule has 0 aliphatic heterocycles. The second-order valence-electron chi connectivity index (χ2n) is 3.75. The molecule has 0 spiro atoms. The van der Waals surface area contributed by atoms with Crippen molar-refractivity contribution in [1.82, 2.24) is 15.5 Å². The second kappa shape index (κ2) is 9.30. The third-order valence-corrected chi connectivity index (χ3v) is 2.86. The van der Waals surface area contributed by atoms with Gasteiger partial charge in [-0.1, -0.05) is 13.8 Å². The lowest BCUT2D eigenvalue weighted by molar-refractivity contribution is -0.127. The Kier molecular flexibility index (Phi) is 8.89. The van der Waals surface area contributed by atoms with E-state index in [-0.39, 0.29) is 11.8 Å². The van der Waals surface area contributed by atoms with Crippen LogP contribution in [-0.2, 0) is 9.59 Å². The maximum absolute atomic E-state index is 11.7. The largest absolute Gasteiger partial charge is 0.353 e. The van der Waals surface area contributed by atoms with Crippen molar-refractivity contribution in [3.63, 3.8) is 0 Å². The zero-order valence-electron chi connectivity index (χ0n) is 10.8. The van der Waals surface area contributed by atoms with Crippen LogP contribution in [0.25, 0.3) is 0 Å². The van der Waals surface area contributed by atoms with E-state index in [1.165, 1.54) is 6.92 Å². The normalized spacial score (nSPS) is 12.3. The van der Waals surface area contributed by atoms with Crippen molar-refractivity contribution in [2.45, 2.75) is 26.8 Å². The first-order valence-corrected chi connectivity index (χ1v) is 6.56. The SMILES string of the molecule is CCN(CC)CCNC(=O)C(CS)NC(C)=O. The van der Waals surface area contributed by atoms with Crippen LogP contribution in [0.3, 0.4) is 0 Å². The number of carbonyl (C=O) groups excluding carboxylic acids is 2. The lowest BCUT2D eigenvalue weighted by Gasteiger charge is -2.20. The number of carbonyl (C=O) groups is 2. The van der Waals surface area contributed by atoms with E-state index >= 15 is 0 Å². The van der Waals surface area contributed by atoms with Crippen molar-refractivity contribution >= 4 is 24.4 Å². The zero-order chi connectivity index (χ0) is 13.3. The molecule has 0 fully saturated rings. The number of thiol groups is 1. The molecule has 0 bridgehead atoms. The van der Waals surface area contributed by atoms with Gasteiger partial charge in [0.15, 0.2) is 0 Å². The number of nitrogens with one attached hydrogen (secondary N) is 2. The molecule has 17 heavy (non-hydrogen) atoms. The summed E-state index contributed by atoms with van der Waals surface area (Å²) in [6, 6.07) is -0.549. The van der Waals surface area contributed by atoms with Gasteiger partial charge < -0.3 is 15.5 Å². The van der Waals surface area contributed by atoms with Crippen LogP contribution in [0.15, 0.2) is 0 Å². The Morgan fingerprint density at radius 3 is 2.29 bits per heavy atom. The van der Waals surface area contributed by atoms with Crippen LogP contribution in [0.4, 0.5) is 0 Å². The van der Waals surface area contributed by atoms with Crippen LogP contribution in [0, 0.1) is 0 Å². The summed E-state index contributed by atoms with van der Waals surface area (Å²) in [6.07, 6.45) is 0. The lowest BCUT2D eigenvalue weighted by atomic mass is 10.3. The van der Waals surface area contributed by atoms with E-state index < -0.39 is 6.04 Å². The Balaban J connectivity index is 3.94. The van der Waals surface area contributed by atoms with Gasteiger partial charge >= 0.3 is 0 Å². The first kappa shape index (κ1) is 16.2. The summed E-state index contributed by atoms with van der Waals surface area (Å²) in [6.45, 7) is 8.89. The summed E-state index contributed by atoms with van der Waals surface area (Å²) in [5.41, 5.74) is 0. The van der Waals surface area contributed by atoms with Crippen molar-refractivity contribution < 1.29 is 9.59 Å². The van der Waals surface area contributed by atoms with Crippen molar-refractivity contribution in [3.05, 3.63) is 0 Å². The number of amides is 2. The van der Waals surface area contributed by atoms with Crippen molar-refractivity contribution in [2.75, 3.05) is 31.9 Å². The van der Waals surface area contributed by atoms with Gasteiger partial charge in [0.05, 0.1) is 0 Å². The molecule has 6 heteroatoms. The van der Waals surface area contributed by atoms with Crippen LogP contribution in [0.2, 0.25) is 0 Å². The van der Waals surface area contributed by atoms with Crippen LogP contribution in [-0.4, -0.2) is 54.7 Å². The average molecular weight is 261 g/mol. The molecule has 0 aromatic heterocycles. The van der Waals surface area contributed by atoms with Gasteiger partial charge in [-0.2, -0.15) is 12.6 Å². The Labute approximate surface area is 109 Å². The standard InChI is InChI=1S/C11H23N3O2S/c1-4-14(5-2)7-6-12-11(16)10(8-17)13-9(3)15/h10,17H,4-8H2,1-3H3,(H,12,16)(H,13,15). The molecule has 1 unspecified atom stereocenters. The van der Waals surface area contributed by atoms with Crippen molar-refractivity contribution in [1.29, 1.82) is 0 Å². The van der Waals surface area contributed by atoms with Crippen molar-refractivity contribution in [2.24, 2.45) is 0 Å². The molecule has 5 nitrogen and oxygen atoms in total. The second-order valence-corrected chi connectivity index (χ2v) is 4.12. The Morgan fingerprint density at radius 2 is 1.88 bits per heavy atom. The summed E-state index contributed by atoms with van der Waals surface area (Å²) in [5, 5.41) is 5.35. The number of hydrogen-bond donors (Lipinski definition) is 3. The molecule has 0 saturated carbocycles. The van der Waals surface area contributed by atoms with E-state index in [0.717, 1.165) is 19.6 Å². The summed E-state index contributed by atoms with van der Waals surface area (Å²) < 4.78 is 0. The average Bonchev–Trinajstić information content (AvgIpc) is 2.31. The molecular formula is C11H23N3O2S. The first-order chi connectivity index (χ1) is 8.04. The van der Waals surface area contributed by atoms with E-state index in [1.54, 1.807) is 0 Å². The molecule has 0 rings (SSSR count). The molecule has 0 aliphatic carbocycles. The van der Waals surface area contributed by atoms with Crippen molar-refractivity contribution in [3.8, 4) is 0 Å². The minimum absolute atomic E-state index is 0.178. The molecule has 2 N–H and O–H groups in total. The van der Waals surface area contributed by atoms with Gasteiger partial charge in [-0.25, -0.2) is 0 Å². The minimum Gasteiger partial charge on any atom is -0.353 e. The fourth-order valence-corrected chi connectivity index (χ4v) is 1.70. The number of nitrogens with zero attached hydrogens (tertiary/aromatic N) is 1. The zero-order valence-corrected chi connectivity index (χ0v) is 11.7. The van der Waals surface area contributed by atoms with E-state index in [9.17, 15) is 9.59 Å². The Bertz CT molecular complexity index is 245. The van der Waals surface area contributed by atoms with Crippen LogP contribution >= 0.6 is 12.6 Å². The predicted molar refractivity (Wildman–Crippen MR) is 72.3 cm³/mol. The lowest BCUT2D eigenvalue weighted by Crippen LogP contribution is -2.48. The maximum Gasteiger partial charge on any atom is 0.243 e. The fraction of sp³-hybridized carbons (Fsp3) is 0.818. The highest BCUT2D eigenvalue weighted by Crippen LogP contribution is 1.90. The van der Waals surface area contributed by atoms with Gasteiger partial charge in [0, 0.05) is 25.8 Å². The third kappa shape index (κ3) is 7.23. The predicted octanol–water partition coefficient (Wildman–Crippen LogP) is -0.121. The summed E-state index contributed by atoms with van der Waals surface area (Å²) in [7, 11) is 0. The quantitative estimate of drug-likeness (QED) is 0.534. The molecule has 0 radical (unpaired) electrons. The minimum atomic E-state index is -0.549. The highest BCUT2D eigenvalue weighted by molar-refractivity contribution is 7.80. The molecular weight excluding hydrogens is 238 g/mol. The summed E-state index contributed by atoms with van der Waals surface area (Å²) in [5.74, 6) is -0.0956. The Hall–Kier alpha value is -0.750. The van der Waals surface area contributed by atoms with Gasteiger partial charge in [-0.05, 0) is 13.1 Å².